The van der Waals surface area contributed by atoms with Crippen molar-refractivity contribution >= 4 is 25.4 Å². The molecule has 1 aromatic rings. The Balaban J connectivity index is 1.99. The number of rotatable bonds is 3. The summed E-state index contributed by atoms with van der Waals surface area (Å²) in [5.74, 6) is -0.259. The van der Waals surface area contributed by atoms with Gasteiger partial charge in [-0.2, -0.15) is 0 Å². The molecule has 4 heteroatoms. The second kappa shape index (κ2) is 6.20. The number of esters is 1. The molecule has 0 bridgehead atoms. The van der Waals surface area contributed by atoms with Gasteiger partial charge >= 0.3 is 107 Å². The SMILES string of the molecule is CC(=O)O[C@@H]1OCCC[C@H]1[Se]c1ccccc1. The number of hydrogen-bond acceptors (Lipinski definition) is 3. The summed E-state index contributed by atoms with van der Waals surface area (Å²) >= 11 is 0.293. The Morgan fingerprint density at radius 1 is 1.41 bits per heavy atom. The van der Waals surface area contributed by atoms with Crippen molar-refractivity contribution in [1.82, 2.24) is 0 Å². The Morgan fingerprint density at radius 2 is 2.18 bits per heavy atom. The first-order valence-electron chi connectivity index (χ1n) is 5.76. The van der Waals surface area contributed by atoms with E-state index in [9.17, 15) is 4.79 Å². The van der Waals surface area contributed by atoms with Gasteiger partial charge in [0.25, 0.3) is 0 Å². The van der Waals surface area contributed by atoms with E-state index in [2.05, 4.69) is 12.1 Å². The average Bonchev–Trinajstić information content (AvgIpc) is 2.32. The van der Waals surface area contributed by atoms with Crippen LogP contribution in [0.2, 0.25) is 4.82 Å². The molecule has 2 atom stereocenters. The Labute approximate surface area is 108 Å². The van der Waals surface area contributed by atoms with Crippen LogP contribution in [0.1, 0.15) is 19.8 Å². The molecule has 1 aliphatic rings. The van der Waals surface area contributed by atoms with Crippen LogP contribution >= 0.6 is 0 Å². The molecule has 0 aliphatic carbocycles. The fourth-order valence-electron chi connectivity index (χ4n) is 1.79. The van der Waals surface area contributed by atoms with Crippen LogP contribution in [0.15, 0.2) is 30.3 Å². The second-order valence-corrected chi connectivity index (χ2v) is 6.71. The van der Waals surface area contributed by atoms with Crippen LogP contribution in [0.4, 0.5) is 0 Å². The van der Waals surface area contributed by atoms with Gasteiger partial charge in [-0.15, -0.1) is 0 Å². The first-order chi connectivity index (χ1) is 8.25. The number of ether oxygens (including phenoxy) is 2. The third kappa shape index (κ3) is 3.84. The van der Waals surface area contributed by atoms with Gasteiger partial charge in [-0.25, -0.2) is 0 Å². The fraction of sp³-hybridized carbons (Fsp3) is 0.462. The molecular formula is C13H16O3Se. The number of hydrogen-bond donors (Lipinski definition) is 0. The van der Waals surface area contributed by atoms with Crippen LogP contribution in [0, 0.1) is 0 Å². The molecule has 1 fully saturated rings. The molecule has 1 aromatic carbocycles. The second-order valence-electron chi connectivity index (χ2n) is 3.96. The molecule has 1 saturated heterocycles. The van der Waals surface area contributed by atoms with Crippen molar-refractivity contribution in [3.05, 3.63) is 30.3 Å². The third-order valence-corrected chi connectivity index (χ3v) is 5.27. The minimum absolute atomic E-state index is 0.259. The van der Waals surface area contributed by atoms with Crippen molar-refractivity contribution in [1.29, 1.82) is 0 Å². The molecule has 0 spiro atoms. The molecule has 17 heavy (non-hydrogen) atoms. The summed E-state index contributed by atoms with van der Waals surface area (Å²) in [6.45, 7) is 2.13. The number of carbonyl (C=O) groups is 1. The van der Waals surface area contributed by atoms with E-state index in [4.69, 9.17) is 9.47 Å². The van der Waals surface area contributed by atoms with Gasteiger partial charge in [0, 0.05) is 0 Å². The maximum absolute atomic E-state index is 11.0. The average molecular weight is 299 g/mol. The van der Waals surface area contributed by atoms with E-state index in [1.807, 2.05) is 18.2 Å². The van der Waals surface area contributed by atoms with Crippen molar-refractivity contribution in [3.63, 3.8) is 0 Å². The van der Waals surface area contributed by atoms with E-state index in [0.29, 0.717) is 26.4 Å². The first-order valence-corrected chi connectivity index (χ1v) is 7.61. The molecule has 1 heterocycles. The normalized spacial score (nSPS) is 24.3. The minimum atomic E-state index is -0.346. The Bertz CT molecular complexity index is 366. The zero-order valence-corrected chi connectivity index (χ0v) is 11.5. The topological polar surface area (TPSA) is 35.5 Å². The van der Waals surface area contributed by atoms with Gasteiger partial charge < -0.3 is 0 Å². The Morgan fingerprint density at radius 3 is 2.88 bits per heavy atom. The third-order valence-electron chi connectivity index (χ3n) is 2.53. The van der Waals surface area contributed by atoms with Gasteiger partial charge in [-0.3, -0.25) is 0 Å². The van der Waals surface area contributed by atoms with E-state index in [1.165, 1.54) is 11.4 Å². The van der Waals surface area contributed by atoms with Gasteiger partial charge in [-0.05, 0) is 0 Å². The molecular weight excluding hydrogens is 283 g/mol. The van der Waals surface area contributed by atoms with E-state index < -0.39 is 0 Å². The molecule has 3 nitrogen and oxygen atoms in total. The Kier molecular flexibility index (Phi) is 4.60. The van der Waals surface area contributed by atoms with Gasteiger partial charge in [0.05, 0.1) is 0 Å². The van der Waals surface area contributed by atoms with Crippen molar-refractivity contribution in [2.24, 2.45) is 0 Å². The summed E-state index contributed by atoms with van der Waals surface area (Å²) in [6.07, 6.45) is 1.78. The fourth-order valence-corrected chi connectivity index (χ4v) is 4.29. The van der Waals surface area contributed by atoms with Crippen LogP contribution in [0.5, 0.6) is 0 Å². The van der Waals surface area contributed by atoms with E-state index >= 15 is 0 Å². The maximum atomic E-state index is 11.0. The molecule has 0 amide bonds. The standard InChI is InChI=1S/C13H16O3Se/c1-10(14)16-13-12(8-5-9-15-13)17-11-6-3-2-4-7-11/h2-4,6-7,12-13H,5,8-9H2,1H3/t12-,13+/m1/s1. The number of benzene rings is 1. The van der Waals surface area contributed by atoms with Gasteiger partial charge in [0.15, 0.2) is 0 Å². The van der Waals surface area contributed by atoms with Crippen LogP contribution in [0.3, 0.4) is 0 Å². The van der Waals surface area contributed by atoms with Gasteiger partial charge in [0.1, 0.15) is 0 Å². The molecule has 0 N–H and O–H groups in total. The molecule has 0 aromatic heterocycles. The van der Waals surface area contributed by atoms with Crippen molar-refractivity contribution in [2.75, 3.05) is 6.61 Å². The van der Waals surface area contributed by atoms with Crippen LogP contribution in [0.25, 0.3) is 0 Å². The monoisotopic (exact) mass is 300 g/mol. The molecule has 0 unspecified atom stereocenters. The zero-order chi connectivity index (χ0) is 12.1. The van der Waals surface area contributed by atoms with Crippen molar-refractivity contribution in [3.8, 4) is 0 Å². The molecule has 1 aliphatic heterocycles. The zero-order valence-electron chi connectivity index (χ0n) is 9.80. The predicted molar refractivity (Wildman–Crippen MR) is 66.3 cm³/mol. The van der Waals surface area contributed by atoms with Crippen LogP contribution < -0.4 is 4.46 Å². The van der Waals surface area contributed by atoms with E-state index in [-0.39, 0.29) is 12.3 Å². The first kappa shape index (κ1) is 12.6. The predicted octanol–water partition coefficient (Wildman–Crippen LogP) is 1.50. The van der Waals surface area contributed by atoms with Crippen molar-refractivity contribution in [2.45, 2.75) is 30.9 Å². The van der Waals surface area contributed by atoms with E-state index in [0.717, 1.165) is 12.8 Å². The summed E-state index contributed by atoms with van der Waals surface area (Å²) in [5, 5.41) is 0. The summed E-state index contributed by atoms with van der Waals surface area (Å²) in [6, 6.07) is 10.3. The summed E-state index contributed by atoms with van der Waals surface area (Å²) < 4.78 is 12.1. The van der Waals surface area contributed by atoms with Crippen LogP contribution in [-0.2, 0) is 14.3 Å². The molecule has 0 radical (unpaired) electrons. The molecule has 92 valence electrons. The molecule has 0 saturated carbocycles. The van der Waals surface area contributed by atoms with E-state index in [1.54, 1.807) is 0 Å². The summed E-state index contributed by atoms with van der Waals surface area (Å²) in [7, 11) is 0. The molecule has 2 rings (SSSR count). The summed E-state index contributed by atoms with van der Waals surface area (Å²) in [5.41, 5.74) is 0. The number of carbonyl (C=O) groups excluding carboxylic acids is 1. The van der Waals surface area contributed by atoms with Crippen LogP contribution in [-0.4, -0.2) is 33.8 Å². The van der Waals surface area contributed by atoms with Gasteiger partial charge in [-0.1, -0.05) is 0 Å². The summed E-state index contributed by atoms with van der Waals surface area (Å²) in [4.78, 5) is 11.4. The Hall–Kier alpha value is -0.831. The quantitative estimate of drug-likeness (QED) is 0.627. The van der Waals surface area contributed by atoms with Gasteiger partial charge in [0.2, 0.25) is 0 Å². The van der Waals surface area contributed by atoms with Crippen molar-refractivity contribution < 1.29 is 14.3 Å².